The van der Waals surface area contributed by atoms with E-state index in [0.717, 1.165) is 24.0 Å². The summed E-state index contributed by atoms with van der Waals surface area (Å²) in [5.74, 6) is 0.358. The van der Waals surface area contributed by atoms with Gasteiger partial charge < -0.3 is 9.84 Å². The molecule has 2 heterocycles. The van der Waals surface area contributed by atoms with Crippen molar-refractivity contribution in [1.82, 2.24) is 15.4 Å². The third kappa shape index (κ3) is 2.92. The number of carbonyl (C=O) groups excluding carboxylic acids is 2. The second-order valence-electron chi connectivity index (χ2n) is 6.70. The number of aromatic nitrogens is 1. The van der Waals surface area contributed by atoms with Gasteiger partial charge in [0, 0.05) is 5.56 Å². The van der Waals surface area contributed by atoms with Crippen molar-refractivity contribution in [2.24, 2.45) is 0 Å². The van der Waals surface area contributed by atoms with Crippen LogP contribution in [0.25, 0.3) is 0 Å². The Hall–Kier alpha value is -2.63. The summed E-state index contributed by atoms with van der Waals surface area (Å²) in [6, 6.07) is 7.47. The van der Waals surface area contributed by atoms with E-state index in [1.54, 1.807) is 20.8 Å². The van der Waals surface area contributed by atoms with E-state index in [-0.39, 0.29) is 12.5 Å². The molecule has 0 bridgehead atoms. The van der Waals surface area contributed by atoms with Gasteiger partial charge in [0.05, 0.1) is 12.2 Å². The molecule has 3 rings (SSSR count). The third-order valence-corrected chi connectivity index (χ3v) is 4.84. The molecule has 25 heavy (non-hydrogen) atoms. The van der Waals surface area contributed by atoms with Gasteiger partial charge in [-0.05, 0) is 38.3 Å². The molecular formula is C19H23N3O3. The van der Waals surface area contributed by atoms with Gasteiger partial charge in [-0.15, -0.1) is 0 Å². The summed E-state index contributed by atoms with van der Waals surface area (Å²) in [7, 11) is 0. The summed E-state index contributed by atoms with van der Waals surface area (Å²) in [6.45, 7) is 7.61. The standard InChI is InChI=1S/C19H23N3O3/c1-5-6-14-7-9-15(10-8-14)19(4)17(23)22(18(24)20-19)11-16-12(2)21-25-13(16)3/h7-10H,5-6,11H2,1-4H3,(H,20,24). The molecular weight excluding hydrogens is 318 g/mol. The normalized spacial score (nSPS) is 20.2. The molecule has 2 aromatic rings. The first-order valence-electron chi connectivity index (χ1n) is 8.52. The van der Waals surface area contributed by atoms with E-state index >= 15 is 0 Å². The minimum atomic E-state index is -1.05. The molecule has 1 N–H and O–H groups in total. The van der Waals surface area contributed by atoms with Gasteiger partial charge in [-0.25, -0.2) is 4.79 Å². The smallest absolute Gasteiger partial charge is 0.325 e. The molecule has 1 aromatic carbocycles. The number of urea groups is 1. The quantitative estimate of drug-likeness (QED) is 0.847. The van der Waals surface area contributed by atoms with Crippen molar-refractivity contribution in [3.63, 3.8) is 0 Å². The van der Waals surface area contributed by atoms with Gasteiger partial charge in [0.25, 0.3) is 5.91 Å². The lowest BCUT2D eigenvalue weighted by Crippen LogP contribution is -2.40. The maximum Gasteiger partial charge on any atom is 0.325 e. The Morgan fingerprint density at radius 2 is 1.88 bits per heavy atom. The maximum atomic E-state index is 13.0. The van der Waals surface area contributed by atoms with E-state index in [4.69, 9.17) is 4.52 Å². The maximum absolute atomic E-state index is 13.0. The predicted octanol–water partition coefficient (Wildman–Crippen LogP) is 3.21. The number of benzene rings is 1. The van der Waals surface area contributed by atoms with Crippen molar-refractivity contribution >= 4 is 11.9 Å². The number of rotatable bonds is 5. The van der Waals surface area contributed by atoms with Gasteiger partial charge in [-0.2, -0.15) is 0 Å². The highest BCUT2D eigenvalue weighted by Crippen LogP contribution is 2.31. The average molecular weight is 341 g/mol. The minimum Gasteiger partial charge on any atom is -0.361 e. The van der Waals surface area contributed by atoms with Crippen molar-refractivity contribution in [2.75, 3.05) is 0 Å². The molecule has 1 saturated heterocycles. The summed E-state index contributed by atoms with van der Waals surface area (Å²) in [5, 5.41) is 6.72. The summed E-state index contributed by atoms with van der Waals surface area (Å²) in [5.41, 5.74) is 2.41. The minimum absolute atomic E-state index is 0.162. The first-order chi connectivity index (χ1) is 11.9. The van der Waals surface area contributed by atoms with Crippen LogP contribution in [0.2, 0.25) is 0 Å². The Morgan fingerprint density at radius 3 is 2.44 bits per heavy atom. The zero-order valence-corrected chi connectivity index (χ0v) is 15.0. The Labute approximate surface area is 147 Å². The van der Waals surface area contributed by atoms with E-state index in [1.165, 1.54) is 10.5 Å². The lowest BCUT2D eigenvalue weighted by atomic mass is 9.91. The van der Waals surface area contributed by atoms with E-state index in [0.29, 0.717) is 11.5 Å². The van der Waals surface area contributed by atoms with Crippen LogP contribution in [0.1, 0.15) is 48.4 Å². The highest BCUT2D eigenvalue weighted by Gasteiger charge is 2.49. The number of amides is 3. The number of carbonyl (C=O) groups is 2. The Kier molecular flexibility index (Phi) is 4.37. The first kappa shape index (κ1) is 17.2. The molecule has 0 radical (unpaired) electrons. The molecule has 0 spiro atoms. The summed E-state index contributed by atoms with van der Waals surface area (Å²) >= 11 is 0. The van der Waals surface area contributed by atoms with E-state index in [2.05, 4.69) is 17.4 Å². The number of hydrogen-bond donors (Lipinski definition) is 1. The van der Waals surface area contributed by atoms with E-state index in [1.807, 2.05) is 24.3 Å². The largest absolute Gasteiger partial charge is 0.361 e. The van der Waals surface area contributed by atoms with E-state index in [9.17, 15) is 9.59 Å². The van der Waals surface area contributed by atoms with Crippen molar-refractivity contribution in [3.8, 4) is 0 Å². The highest BCUT2D eigenvalue weighted by atomic mass is 16.5. The number of aryl methyl sites for hydroxylation is 3. The Balaban J connectivity index is 1.86. The van der Waals surface area contributed by atoms with Gasteiger partial charge in [0.1, 0.15) is 11.3 Å². The first-order valence-corrected chi connectivity index (χ1v) is 8.52. The van der Waals surface area contributed by atoms with Gasteiger partial charge in [0.2, 0.25) is 0 Å². The molecule has 132 valence electrons. The number of hydrogen-bond acceptors (Lipinski definition) is 4. The second kappa shape index (κ2) is 6.35. The van der Waals surface area contributed by atoms with Crippen LogP contribution in [0.15, 0.2) is 28.8 Å². The molecule has 1 aliphatic rings. The molecule has 1 aliphatic heterocycles. The Morgan fingerprint density at radius 1 is 1.20 bits per heavy atom. The molecule has 1 fully saturated rings. The molecule has 3 amide bonds. The average Bonchev–Trinajstić information content (AvgIpc) is 3.01. The number of nitrogens with zero attached hydrogens (tertiary/aromatic N) is 2. The lowest BCUT2D eigenvalue weighted by molar-refractivity contribution is -0.131. The Bertz CT molecular complexity index is 790. The van der Waals surface area contributed by atoms with Crippen LogP contribution in [0.3, 0.4) is 0 Å². The summed E-state index contributed by atoms with van der Waals surface area (Å²) < 4.78 is 5.13. The van der Waals surface area contributed by atoms with Crippen LogP contribution in [-0.4, -0.2) is 22.0 Å². The predicted molar refractivity (Wildman–Crippen MR) is 92.8 cm³/mol. The monoisotopic (exact) mass is 341 g/mol. The molecule has 0 saturated carbocycles. The zero-order valence-electron chi connectivity index (χ0n) is 15.0. The van der Waals surface area contributed by atoms with Crippen LogP contribution in [0, 0.1) is 13.8 Å². The molecule has 1 aromatic heterocycles. The molecule has 0 aliphatic carbocycles. The topological polar surface area (TPSA) is 75.4 Å². The molecule has 6 heteroatoms. The van der Waals surface area contributed by atoms with Crippen LogP contribution in [0.5, 0.6) is 0 Å². The number of imide groups is 1. The second-order valence-corrected chi connectivity index (χ2v) is 6.70. The van der Waals surface area contributed by atoms with Crippen LogP contribution in [0.4, 0.5) is 4.79 Å². The van der Waals surface area contributed by atoms with Crippen LogP contribution in [-0.2, 0) is 23.3 Å². The fraction of sp³-hybridized carbons (Fsp3) is 0.421. The lowest BCUT2D eigenvalue weighted by Gasteiger charge is -2.22. The van der Waals surface area contributed by atoms with Crippen LogP contribution >= 0.6 is 0 Å². The van der Waals surface area contributed by atoms with Gasteiger partial charge >= 0.3 is 6.03 Å². The fourth-order valence-electron chi connectivity index (χ4n) is 3.22. The number of nitrogens with one attached hydrogen (secondary N) is 1. The fourth-order valence-corrected chi connectivity index (χ4v) is 3.22. The van der Waals surface area contributed by atoms with Gasteiger partial charge in [-0.3, -0.25) is 9.69 Å². The van der Waals surface area contributed by atoms with Gasteiger partial charge in [-0.1, -0.05) is 42.8 Å². The van der Waals surface area contributed by atoms with Crippen molar-refractivity contribution in [3.05, 3.63) is 52.4 Å². The van der Waals surface area contributed by atoms with E-state index < -0.39 is 11.6 Å². The molecule has 1 unspecified atom stereocenters. The highest BCUT2D eigenvalue weighted by molar-refractivity contribution is 6.07. The molecule has 6 nitrogen and oxygen atoms in total. The molecule has 1 atom stereocenters. The SMILES string of the molecule is CCCc1ccc(C2(C)NC(=O)N(Cc3c(C)noc3C)C2=O)cc1. The summed E-state index contributed by atoms with van der Waals surface area (Å²) in [6.07, 6.45) is 2.06. The summed E-state index contributed by atoms with van der Waals surface area (Å²) in [4.78, 5) is 26.7. The van der Waals surface area contributed by atoms with Crippen LogP contribution < -0.4 is 5.32 Å². The zero-order chi connectivity index (χ0) is 18.2. The third-order valence-electron chi connectivity index (χ3n) is 4.84. The van der Waals surface area contributed by atoms with Crippen molar-refractivity contribution in [1.29, 1.82) is 0 Å². The van der Waals surface area contributed by atoms with Crippen molar-refractivity contribution < 1.29 is 14.1 Å². The van der Waals surface area contributed by atoms with Crippen molar-refractivity contribution in [2.45, 2.75) is 52.6 Å². The van der Waals surface area contributed by atoms with Gasteiger partial charge in [0.15, 0.2) is 0 Å².